The predicted octanol–water partition coefficient (Wildman–Crippen LogP) is 3.02. The quantitative estimate of drug-likeness (QED) is 0.411. The van der Waals surface area contributed by atoms with Gasteiger partial charge in [0.2, 0.25) is 0 Å². The van der Waals surface area contributed by atoms with Crippen LogP contribution in [0.1, 0.15) is 57.1 Å². The zero-order valence-electron chi connectivity index (χ0n) is 17.7. The minimum Gasteiger partial charge on any atom is -0.467 e. The van der Waals surface area contributed by atoms with Crippen LogP contribution in [0.3, 0.4) is 0 Å². The lowest BCUT2D eigenvalue weighted by Crippen LogP contribution is -2.43. The average molecular weight is 476 g/mol. The van der Waals surface area contributed by atoms with Crippen LogP contribution in [0.15, 0.2) is 40.3 Å². The van der Waals surface area contributed by atoms with Crippen molar-refractivity contribution in [2.24, 2.45) is 11.7 Å². The van der Waals surface area contributed by atoms with Gasteiger partial charge in [-0.1, -0.05) is 19.9 Å². The molecule has 3 aromatic rings. The number of nitrogen functional groups attached to an aromatic ring is 1. The molecular formula is C21H25N5O4S2. The molecule has 0 aliphatic carbocycles. The highest BCUT2D eigenvalue weighted by atomic mass is 32.1. The number of furan rings is 1. The number of thiophene rings is 1. The second kappa shape index (κ2) is 10.4. The molecular weight excluding hydrogens is 450 g/mol. The molecule has 11 heteroatoms. The van der Waals surface area contributed by atoms with Crippen molar-refractivity contribution in [1.82, 2.24) is 14.6 Å². The molecule has 170 valence electrons. The molecule has 3 aromatic heterocycles. The lowest BCUT2D eigenvalue weighted by Gasteiger charge is -2.29. The summed E-state index contributed by atoms with van der Waals surface area (Å²) in [5.41, 5.74) is 11.0. The Labute approximate surface area is 193 Å². The van der Waals surface area contributed by atoms with Crippen molar-refractivity contribution in [2.75, 3.05) is 12.3 Å². The summed E-state index contributed by atoms with van der Waals surface area (Å²) in [4.78, 5) is 40.7. The Bertz CT molecular complexity index is 1060. The second-order valence-electron chi connectivity index (χ2n) is 7.54. The first kappa shape index (κ1) is 23.5. The van der Waals surface area contributed by atoms with E-state index in [0.29, 0.717) is 18.2 Å². The van der Waals surface area contributed by atoms with Gasteiger partial charge < -0.3 is 26.1 Å². The summed E-state index contributed by atoms with van der Waals surface area (Å²) in [6.07, 6.45) is 2.24. The normalized spacial score (nSPS) is 12.0. The molecule has 0 aromatic carbocycles. The lowest BCUT2D eigenvalue weighted by molar-refractivity contribution is -0.126. The van der Waals surface area contributed by atoms with Crippen molar-refractivity contribution in [3.8, 4) is 0 Å². The van der Waals surface area contributed by atoms with Crippen LogP contribution < -0.4 is 16.8 Å². The van der Waals surface area contributed by atoms with Gasteiger partial charge in [-0.2, -0.15) is 4.37 Å². The van der Waals surface area contributed by atoms with E-state index in [4.69, 9.17) is 15.9 Å². The van der Waals surface area contributed by atoms with Crippen molar-refractivity contribution in [1.29, 1.82) is 0 Å². The summed E-state index contributed by atoms with van der Waals surface area (Å²) in [6.45, 7) is 4.73. The Morgan fingerprint density at radius 1 is 1.25 bits per heavy atom. The Balaban J connectivity index is 1.99. The van der Waals surface area contributed by atoms with E-state index in [1.807, 2.05) is 17.5 Å². The first-order chi connectivity index (χ1) is 15.3. The summed E-state index contributed by atoms with van der Waals surface area (Å²) >= 11 is 2.23. The first-order valence-electron chi connectivity index (χ1n) is 9.99. The second-order valence-corrected chi connectivity index (χ2v) is 9.35. The molecule has 3 heterocycles. The van der Waals surface area contributed by atoms with Gasteiger partial charge in [-0.25, -0.2) is 0 Å². The maximum absolute atomic E-state index is 13.6. The van der Waals surface area contributed by atoms with Gasteiger partial charge in [0.1, 0.15) is 10.6 Å². The zero-order valence-corrected chi connectivity index (χ0v) is 19.4. The van der Waals surface area contributed by atoms with Crippen LogP contribution in [0.5, 0.6) is 0 Å². The maximum Gasteiger partial charge on any atom is 0.270 e. The third-order valence-electron chi connectivity index (χ3n) is 4.72. The van der Waals surface area contributed by atoms with E-state index in [0.717, 1.165) is 22.8 Å². The third kappa shape index (κ3) is 5.35. The van der Waals surface area contributed by atoms with Crippen molar-refractivity contribution in [2.45, 2.75) is 32.9 Å². The fourth-order valence-corrected chi connectivity index (χ4v) is 4.53. The zero-order chi connectivity index (χ0) is 23.3. The average Bonchev–Trinajstić information content (AvgIpc) is 3.49. The van der Waals surface area contributed by atoms with Crippen LogP contribution in [0, 0.1) is 5.92 Å². The molecule has 5 N–H and O–H groups in total. The molecule has 0 radical (unpaired) electrons. The van der Waals surface area contributed by atoms with Gasteiger partial charge in [-0.05, 0) is 47.5 Å². The minimum atomic E-state index is -1.04. The number of rotatable bonds is 10. The molecule has 0 aliphatic heterocycles. The van der Waals surface area contributed by atoms with Crippen LogP contribution in [0.2, 0.25) is 0 Å². The molecule has 9 nitrogen and oxygen atoms in total. The van der Waals surface area contributed by atoms with Crippen LogP contribution in [-0.2, 0) is 11.3 Å². The van der Waals surface area contributed by atoms with E-state index >= 15 is 0 Å². The first-order valence-corrected chi connectivity index (χ1v) is 11.6. The smallest absolute Gasteiger partial charge is 0.270 e. The van der Waals surface area contributed by atoms with Crippen LogP contribution in [-0.4, -0.2) is 33.5 Å². The summed E-state index contributed by atoms with van der Waals surface area (Å²) < 4.78 is 9.46. The minimum absolute atomic E-state index is 0.0434. The van der Waals surface area contributed by atoms with Gasteiger partial charge in [0, 0.05) is 11.4 Å². The standard InChI is InChI=1S/C21H25N5O4S2/c1-12(2)7-8-24-20(28)17(14-6-3-9-30-14)26(11-13-5-4-10-31-13)21(29)18-15(22)16(19(23)27)25-32-18/h3-6,9-10,12,17H,7-8,11,22H2,1-2H3,(H2,23,27)(H,24,28). The molecule has 1 atom stereocenters. The highest BCUT2D eigenvalue weighted by Gasteiger charge is 2.36. The van der Waals surface area contributed by atoms with Crippen molar-refractivity contribution < 1.29 is 18.8 Å². The van der Waals surface area contributed by atoms with E-state index in [9.17, 15) is 14.4 Å². The molecule has 1 unspecified atom stereocenters. The molecule has 0 saturated heterocycles. The van der Waals surface area contributed by atoms with Gasteiger partial charge >= 0.3 is 0 Å². The van der Waals surface area contributed by atoms with Gasteiger partial charge in [0.25, 0.3) is 17.7 Å². The Hall–Kier alpha value is -3.18. The number of aromatic nitrogens is 1. The third-order valence-corrected chi connectivity index (χ3v) is 6.43. The van der Waals surface area contributed by atoms with Gasteiger partial charge in [0.15, 0.2) is 11.7 Å². The number of carbonyl (C=O) groups excluding carboxylic acids is 3. The summed E-state index contributed by atoms with van der Waals surface area (Å²) in [6, 6.07) is 5.99. The van der Waals surface area contributed by atoms with Crippen LogP contribution >= 0.6 is 22.9 Å². The number of nitrogens with zero attached hydrogens (tertiary/aromatic N) is 2. The Kier molecular flexibility index (Phi) is 7.65. The van der Waals surface area contributed by atoms with Gasteiger partial charge in [-0.15, -0.1) is 11.3 Å². The number of nitrogens with one attached hydrogen (secondary N) is 1. The van der Waals surface area contributed by atoms with Crippen molar-refractivity contribution in [3.05, 3.63) is 57.1 Å². The topological polar surface area (TPSA) is 145 Å². The van der Waals surface area contributed by atoms with E-state index < -0.39 is 17.9 Å². The number of nitrogens with two attached hydrogens (primary N) is 2. The predicted molar refractivity (Wildman–Crippen MR) is 123 cm³/mol. The Morgan fingerprint density at radius 3 is 2.59 bits per heavy atom. The van der Waals surface area contributed by atoms with E-state index in [1.165, 1.54) is 22.5 Å². The lowest BCUT2D eigenvalue weighted by atomic mass is 10.1. The number of carbonyl (C=O) groups is 3. The van der Waals surface area contributed by atoms with Crippen LogP contribution in [0.4, 0.5) is 5.69 Å². The molecule has 3 rings (SSSR count). The number of anilines is 1. The summed E-state index contributed by atoms with van der Waals surface area (Å²) in [5.74, 6) is -1.01. The van der Waals surface area contributed by atoms with Gasteiger partial charge in [-0.3, -0.25) is 14.4 Å². The fourth-order valence-electron chi connectivity index (χ4n) is 3.06. The number of amides is 3. The fraction of sp³-hybridized carbons (Fsp3) is 0.333. The highest BCUT2D eigenvalue weighted by Crippen LogP contribution is 2.31. The maximum atomic E-state index is 13.6. The molecule has 0 saturated carbocycles. The molecule has 3 amide bonds. The van der Waals surface area contributed by atoms with Crippen molar-refractivity contribution in [3.63, 3.8) is 0 Å². The van der Waals surface area contributed by atoms with E-state index in [2.05, 4.69) is 23.5 Å². The summed E-state index contributed by atoms with van der Waals surface area (Å²) in [7, 11) is 0. The number of hydrogen-bond donors (Lipinski definition) is 3. The van der Waals surface area contributed by atoms with Crippen molar-refractivity contribution >= 4 is 46.3 Å². The largest absolute Gasteiger partial charge is 0.467 e. The highest BCUT2D eigenvalue weighted by molar-refractivity contribution is 7.10. The number of primary amides is 1. The summed E-state index contributed by atoms with van der Waals surface area (Å²) in [5, 5.41) is 4.78. The SMILES string of the molecule is CC(C)CCNC(=O)C(c1ccco1)N(Cc1cccs1)C(=O)c1snc(C(N)=O)c1N. The molecule has 0 bridgehead atoms. The molecule has 0 aliphatic rings. The number of hydrogen-bond acceptors (Lipinski definition) is 8. The van der Waals surface area contributed by atoms with Crippen LogP contribution in [0.25, 0.3) is 0 Å². The van der Waals surface area contributed by atoms with Gasteiger partial charge in [0.05, 0.1) is 18.5 Å². The van der Waals surface area contributed by atoms with E-state index in [1.54, 1.807) is 12.1 Å². The molecule has 32 heavy (non-hydrogen) atoms. The molecule has 0 spiro atoms. The monoisotopic (exact) mass is 475 g/mol. The molecule has 0 fully saturated rings. The Morgan fingerprint density at radius 2 is 2.03 bits per heavy atom. The van der Waals surface area contributed by atoms with E-state index in [-0.39, 0.29) is 28.7 Å².